The van der Waals surface area contributed by atoms with E-state index in [0.29, 0.717) is 24.5 Å². The molecule has 6 nitrogen and oxygen atoms in total. The van der Waals surface area contributed by atoms with E-state index in [-0.39, 0.29) is 18.0 Å². The number of hydrogen-bond acceptors (Lipinski definition) is 6. The topological polar surface area (TPSA) is 68.7 Å². The van der Waals surface area contributed by atoms with Crippen molar-refractivity contribution in [1.82, 2.24) is 9.88 Å². The summed E-state index contributed by atoms with van der Waals surface area (Å²) in [5.41, 5.74) is -0.669. The fourth-order valence-electron chi connectivity index (χ4n) is 4.26. The second-order valence-electron chi connectivity index (χ2n) is 7.99. The molecule has 0 spiro atoms. The number of ether oxygens (including phenoxy) is 2. The van der Waals surface area contributed by atoms with Crippen molar-refractivity contribution < 1.29 is 19.1 Å². The molecule has 3 heterocycles. The molecule has 0 N–H and O–H groups in total. The van der Waals surface area contributed by atoms with Crippen LogP contribution in [0.2, 0.25) is 5.15 Å². The summed E-state index contributed by atoms with van der Waals surface area (Å²) in [6, 6.07) is 3.30. The molecule has 0 amide bonds. The predicted octanol–water partition coefficient (Wildman–Crippen LogP) is 3.15. The van der Waals surface area contributed by atoms with Gasteiger partial charge in [0.15, 0.2) is 0 Å². The van der Waals surface area contributed by atoms with E-state index in [9.17, 15) is 9.59 Å². The molecule has 0 aromatic carbocycles. The summed E-state index contributed by atoms with van der Waals surface area (Å²) >= 11 is 6.33. The van der Waals surface area contributed by atoms with Gasteiger partial charge >= 0.3 is 11.9 Å². The number of fused-ring (bicyclic) bond motifs is 1. The molecule has 0 bridgehead atoms. The number of carbonyl (C=O) groups is 2. The first-order valence-corrected chi connectivity index (χ1v) is 9.26. The van der Waals surface area contributed by atoms with E-state index in [0.717, 1.165) is 12.0 Å². The summed E-state index contributed by atoms with van der Waals surface area (Å²) < 4.78 is 10.8. The van der Waals surface area contributed by atoms with Gasteiger partial charge in [-0.25, -0.2) is 4.98 Å². The molecule has 2 saturated heterocycles. The Bertz CT molecular complexity index is 718. The first kappa shape index (κ1) is 19.1. The van der Waals surface area contributed by atoms with E-state index in [4.69, 9.17) is 21.1 Å². The lowest BCUT2D eigenvalue weighted by Gasteiger charge is -2.35. The van der Waals surface area contributed by atoms with Crippen molar-refractivity contribution in [3.8, 4) is 0 Å². The van der Waals surface area contributed by atoms with E-state index in [1.807, 2.05) is 26.8 Å². The molecule has 2 aliphatic heterocycles. The Kier molecular flexibility index (Phi) is 5.01. The largest absolute Gasteiger partial charge is 0.469 e. The number of rotatable bonds is 3. The summed E-state index contributed by atoms with van der Waals surface area (Å²) in [6.07, 6.45) is 3.49. The van der Waals surface area contributed by atoms with E-state index in [2.05, 4.69) is 9.88 Å². The van der Waals surface area contributed by atoms with Crippen LogP contribution in [0.1, 0.15) is 51.6 Å². The van der Waals surface area contributed by atoms with Crippen molar-refractivity contribution in [3.63, 3.8) is 0 Å². The summed E-state index contributed by atoms with van der Waals surface area (Å²) in [6.45, 7) is 6.25. The minimum Gasteiger partial charge on any atom is -0.469 e. The SMILES string of the molecule is COC(=O)C1C[C@@]2(C(=O)OC(C)(C)C)CCCN2[C@H]1c1cccnc1Cl. The highest BCUT2D eigenvalue weighted by molar-refractivity contribution is 6.30. The molecular formula is C19H25ClN2O4. The highest BCUT2D eigenvalue weighted by Crippen LogP contribution is 2.53. The summed E-state index contributed by atoms with van der Waals surface area (Å²) in [4.78, 5) is 31.9. The Morgan fingerprint density at radius 1 is 1.38 bits per heavy atom. The van der Waals surface area contributed by atoms with Crippen LogP contribution < -0.4 is 0 Å². The Hall–Kier alpha value is -1.66. The Labute approximate surface area is 158 Å². The van der Waals surface area contributed by atoms with Gasteiger partial charge in [-0.05, 0) is 52.6 Å². The average Bonchev–Trinajstić information content (AvgIpc) is 3.10. The van der Waals surface area contributed by atoms with Gasteiger partial charge in [0.1, 0.15) is 16.3 Å². The van der Waals surface area contributed by atoms with Crippen LogP contribution in [0, 0.1) is 5.92 Å². The van der Waals surface area contributed by atoms with Crippen LogP contribution in [0.3, 0.4) is 0 Å². The van der Waals surface area contributed by atoms with Crippen LogP contribution in [0.15, 0.2) is 18.3 Å². The maximum atomic E-state index is 13.1. The normalized spacial score (nSPS) is 28.7. The van der Waals surface area contributed by atoms with Gasteiger partial charge in [-0.1, -0.05) is 17.7 Å². The molecule has 0 saturated carbocycles. The maximum absolute atomic E-state index is 13.1. The van der Waals surface area contributed by atoms with Gasteiger partial charge in [-0.15, -0.1) is 0 Å². The van der Waals surface area contributed by atoms with Crippen molar-refractivity contribution in [1.29, 1.82) is 0 Å². The van der Waals surface area contributed by atoms with Crippen LogP contribution in [0.4, 0.5) is 0 Å². The number of nitrogens with zero attached hydrogens (tertiary/aromatic N) is 2. The number of pyridine rings is 1. The second-order valence-corrected chi connectivity index (χ2v) is 8.35. The van der Waals surface area contributed by atoms with E-state index in [1.165, 1.54) is 7.11 Å². The fourth-order valence-corrected chi connectivity index (χ4v) is 4.49. The zero-order valence-corrected chi connectivity index (χ0v) is 16.4. The quantitative estimate of drug-likeness (QED) is 0.592. The molecular weight excluding hydrogens is 356 g/mol. The third kappa shape index (κ3) is 3.21. The second kappa shape index (κ2) is 6.82. The maximum Gasteiger partial charge on any atom is 0.327 e. The smallest absolute Gasteiger partial charge is 0.327 e. The third-order valence-electron chi connectivity index (χ3n) is 5.20. The minimum absolute atomic E-state index is 0.279. The van der Waals surface area contributed by atoms with Gasteiger partial charge in [0, 0.05) is 11.8 Å². The Morgan fingerprint density at radius 2 is 2.12 bits per heavy atom. The van der Waals surface area contributed by atoms with Crippen LogP contribution in [0.25, 0.3) is 0 Å². The highest BCUT2D eigenvalue weighted by atomic mass is 35.5. The van der Waals surface area contributed by atoms with E-state index in [1.54, 1.807) is 12.3 Å². The first-order chi connectivity index (χ1) is 12.2. The monoisotopic (exact) mass is 380 g/mol. The van der Waals surface area contributed by atoms with Crippen molar-refractivity contribution in [2.45, 2.75) is 57.2 Å². The molecule has 0 aliphatic carbocycles. The Balaban J connectivity index is 2.04. The molecule has 1 unspecified atom stereocenters. The van der Waals surface area contributed by atoms with Crippen LogP contribution in [-0.2, 0) is 19.1 Å². The van der Waals surface area contributed by atoms with E-state index < -0.39 is 17.1 Å². The number of aromatic nitrogens is 1. The molecule has 2 fully saturated rings. The van der Waals surface area contributed by atoms with Crippen molar-refractivity contribution in [2.75, 3.05) is 13.7 Å². The molecule has 0 radical (unpaired) electrons. The summed E-state index contributed by atoms with van der Waals surface area (Å²) in [7, 11) is 1.37. The predicted molar refractivity (Wildman–Crippen MR) is 96.6 cm³/mol. The lowest BCUT2D eigenvalue weighted by atomic mass is 9.87. The van der Waals surface area contributed by atoms with Gasteiger partial charge in [-0.3, -0.25) is 14.5 Å². The molecule has 1 aromatic heterocycles. The lowest BCUT2D eigenvalue weighted by Crippen LogP contribution is -2.49. The van der Waals surface area contributed by atoms with Crippen molar-refractivity contribution >= 4 is 23.5 Å². The van der Waals surface area contributed by atoms with Gasteiger partial charge in [0.25, 0.3) is 0 Å². The highest BCUT2D eigenvalue weighted by Gasteiger charge is 2.62. The van der Waals surface area contributed by atoms with Crippen LogP contribution >= 0.6 is 11.6 Å². The zero-order valence-electron chi connectivity index (χ0n) is 15.6. The minimum atomic E-state index is -0.823. The molecule has 2 aliphatic rings. The van der Waals surface area contributed by atoms with Crippen LogP contribution in [-0.4, -0.2) is 46.6 Å². The number of halogens is 1. The van der Waals surface area contributed by atoms with Crippen LogP contribution in [0.5, 0.6) is 0 Å². The molecule has 1 aromatic rings. The van der Waals surface area contributed by atoms with E-state index >= 15 is 0 Å². The summed E-state index contributed by atoms with van der Waals surface area (Å²) in [5.74, 6) is -1.11. The fraction of sp³-hybridized carbons (Fsp3) is 0.632. The van der Waals surface area contributed by atoms with Crippen molar-refractivity contribution in [2.24, 2.45) is 5.92 Å². The standard InChI is InChI=1S/C19H25ClN2O4/c1-18(2,3)26-17(24)19-8-6-10-22(19)14(13(11-19)16(23)25-4)12-7-5-9-21-15(12)20/h5,7,9,13-14H,6,8,10-11H2,1-4H3/t13?,14-,19+/m0/s1. The van der Waals surface area contributed by atoms with Gasteiger partial charge in [0.2, 0.25) is 0 Å². The van der Waals surface area contributed by atoms with Gasteiger partial charge in [-0.2, -0.15) is 0 Å². The molecule has 3 rings (SSSR count). The number of esters is 2. The lowest BCUT2D eigenvalue weighted by molar-refractivity contribution is -0.167. The average molecular weight is 381 g/mol. The molecule has 7 heteroatoms. The number of methoxy groups -OCH3 is 1. The third-order valence-corrected chi connectivity index (χ3v) is 5.52. The first-order valence-electron chi connectivity index (χ1n) is 8.88. The Morgan fingerprint density at radius 3 is 2.73 bits per heavy atom. The zero-order chi connectivity index (χ0) is 19.1. The molecule has 142 valence electrons. The molecule has 3 atom stereocenters. The summed E-state index contributed by atoms with van der Waals surface area (Å²) in [5, 5.41) is 0.346. The number of carbonyl (C=O) groups excluding carboxylic acids is 2. The van der Waals surface area contributed by atoms with Crippen molar-refractivity contribution in [3.05, 3.63) is 29.0 Å². The number of hydrogen-bond donors (Lipinski definition) is 0. The van der Waals surface area contributed by atoms with Gasteiger partial charge in [0.05, 0.1) is 19.1 Å². The molecule has 26 heavy (non-hydrogen) atoms. The van der Waals surface area contributed by atoms with Gasteiger partial charge < -0.3 is 9.47 Å².